The molecule has 6 nitrogen and oxygen atoms in total. The molecule has 0 spiro atoms. The number of carbonyl (C=O) groups excluding carboxylic acids is 2. The molecule has 0 saturated carbocycles. The van der Waals surface area contributed by atoms with Gasteiger partial charge in [-0.05, 0) is 57.8 Å². The first kappa shape index (κ1) is 82.3. The Hall–Kier alpha value is -1.66. The summed E-state index contributed by atoms with van der Waals surface area (Å²) in [7, 11) is 0. The highest BCUT2D eigenvalue weighted by atomic mass is 16.5. The first-order valence-corrected chi connectivity index (χ1v) is 38.6. The van der Waals surface area contributed by atoms with Crippen molar-refractivity contribution < 1.29 is 24.5 Å². The van der Waals surface area contributed by atoms with Crippen molar-refractivity contribution in [1.29, 1.82) is 0 Å². The third kappa shape index (κ3) is 69.4. The number of allylic oxidation sites excluding steroid dienone is 4. The van der Waals surface area contributed by atoms with Crippen LogP contribution in [0.25, 0.3) is 0 Å². The van der Waals surface area contributed by atoms with Gasteiger partial charge in [0.15, 0.2) is 0 Å². The van der Waals surface area contributed by atoms with Crippen LogP contribution in [0, 0.1) is 0 Å². The number of unbranched alkanes of at least 4 members (excludes halogenated alkanes) is 58. The van der Waals surface area contributed by atoms with E-state index in [1.165, 1.54) is 353 Å². The maximum Gasteiger partial charge on any atom is 0.305 e. The maximum atomic E-state index is 12.6. The van der Waals surface area contributed by atoms with Gasteiger partial charge < -0.3 is 20.3 Å². The molecule has 0 aliphatic heterocycles. The van der Waals surface area contributed by atoms with Crippen LogP contribution in [0.4, 0.5) is 0 Å². The van der Waals surface area contributed by atoms with Crippen LogP contribution in [-0.2, 0) is 14.3 Å². The highest BCUT2D eigenvalue weighted by molar-refractivity contribution is 5.76. The van der Waals surface area contributed by atoms with Gasteiger partial charge >= 0.3 is 5.97 Å². The van der Waals surface area contributed by atoms with E-state index >= 15 is 0 Å². The molecule has 498 valence electrons. The predicted molar refractivity (Wildman–Crippen MR) is 370 cm³/mol. The molecule has 0 aromatic rings. The van der Waals surface area contributed by atoms with Crippen LogP contribution in [0.15, 0.2) is 24.3 Å². The van der Waals surface area contributed by atoms with Gasteiger partial charge in [-0.1, -0.05) is 391 Å². The van der Waals surface area contributed by atoms with Gasteiger partial charge in [0, 0.05) is 12.8 Å². The number of esters is 1. The quantitative estimate of drug-likeness (QED) is 0.0320. The normalized spacial score (nSPS) is 12.6. The first-order valence-electron chi connectivity index (χ1n) is 38.6. The Morgan fingerprint density at radius 3 is 0.929 bits per heavy atom. The summed E-state index contributed by atoms with van der Waals surface area (Å²) in [5.74, 6) is -0.0188. The number of aliphatic hydroxyl groups is 2. The topological polar surface area (TPSA) is 95.9 Å². The number of ether oxygens (including phenoxy) is 1. The molecule has 6 heteroatoms. The highest BCUT2D eigenvalue weighted by Crippen LogP contribution is 2.20. The Morgan fingerprint density at radius 1 is 0.333 bits per heavy atom. The van der Waals surface area contributed by atoms with E-state index in [-0.39, 0.29) is 18.5 Å². The Labute approximate surface area is 526 Å². The molecule has 0 aliphatic carbocycles. The lowest BCUT2D eigenvalue weighted by Crippen LogP contribution is -2.45. The molecule has 84 heavy (non-hydrogen) atoms. The van der Waals surface area contributed by atoms with Crippen molar-refractivity contribution >= 4 is 11.9 Å². The second kappa shape index (κ2) is 73.8. The third-order valence-electron chi connectivity index (χ3n) is 18.3. The molecule has 3 N–H and O–H groups in total. The van der Waals surface area contributed by atoms with Gasteiger partial charge in [0.1, 0.15) is 0 Å². The van der Waals surface area contributed by atoms with Crippen molar-refractivity contribution in [2.24, 2.45) is 0 Å². The molecule has 0 bridgehead atoms. The number of hydrogen-bond acceptors (Lipinski definition) is 5. The van der Waals surface area contributed by atoms with Gasteiger partial charge in [0.2, 0.25) is 5.91 Å². The fraction of sp³-hybridized carbons (Fsp3) is 0.923. The SMILES string of the molecule is CCCCC/C=C\C/C=C\CCCCCCCC(=O)OCCCCCCCCCCCCCCCCCCCCCCCCCCCCCCCCC(=O)NC(CO)C(O)CCCCCCCCCCCCCCCCCCCCCCCC. The van der Waals surface area contributed by atoms with E-state index in [0.29, 0.717) is 25.9 Å². The van der Waals surface area contributed by atoms with Gasteiger partial charge in [-0.3, -0.25) is 9.59 Å². The fourth-order valence-electron chi connectivity index (χ4n) is 12.4. The van der Waals surface area contributed by atoms with Crippen molar-refractivity contribution in [3.05, 3.63) is 24.3 Å². The fourth-order valence-corrected chi connectivity index (χ4v) is 12.4. The third-order valence-corrected chi connectivity index (χ3v) is 18.3. The van der Waals surface area contributed by atoms with Crippen LogP contribution >= 0.6 is 0 Å². The van der Waals surface area contributed by atoms with E-state index in [1.54, 1.807) is 0 Å². The maximum absolute atomic E-state index is 12.6. The smallest absolute Gasteiger partial charge is 0.305 e. The highest BCUT2D eigenvalue weighted by Gasteiger charge is 2.20. The largest absolute Gasteiger partial charge is 0.466 e. The van der Waals surface area contributed by atoms with Gasteiger partial charge in [0.25, 0.3) is 0 Å². The van der Waals surface area contributed by atoms with Crippen molar-refractivity contribution in [3.63, 3.8) is 0 Å². The van der Waals surface area contributed by atoms with E-state index in [0.717, 1.165) is 51.4 Å². The summed E-state index contributed by atoms with van der Waals surface area (Å²) in [5.41, 5.74) is 0. The summed E-state index contributed by atoms with van der Waals surface area (Å²) in [6, 6.07) is -0.539. The lowest BCUT2D eigenvalue weighted by atomic mass is 10.0. The van der Waals surface area contributed by atoms with E-state index < -0.39 is 12.1 Å². The Morgan fingerprint density at radius 2 is 0.595 bits per heavy atom. The van der Waals surface area contributed by atoms with E-state index in [1.807, 2.05) is 0 Å². The van der Waals surface area contributed by atoms with Crippen molar-refractivity contribution in [2.75, 3.05) is 13.2 Å². The van der Waals surface area contributed by atoms with Crippen molar-refractivity contribution in [3.8, 4) is 0 Å². The van der Waals surface area contributed by atoms with Gasteiger partial charge in [-0.15, -0.1) is 0 Å². The molecule has 0 aromatic carbocycles. The number of hydrogen-bond donors (Lipinski definition) is 3. The lowest BCUT2D eigenvalue weighted by molar-refractivity contribution is -0.143. The summed E-state index contributed by atoms with van der Waals surface area (Å²) < 4.78 is 5.49. The summed E-state index contributed by atoms with van der Waals surface area (Å²) in [5, 5.41) is 23.5. The van der Waals surface area contributed by atoms with Crippen molar-refractivity contribution in [1.82, 2.24) is 5.32 Å². The summed E-state index contributed by atoms with van der Waals surface area (Å²) >= 11 is 0. The van der Waals surface area contributed by atoms with E-state index in [4.69, 9.17) is 4.74 Å². The molecule has 0 aliphatic rings. The standard InChI is InChI=1S/C78H151NO5/c1-3-5-7-9-11-13-15-17-19-20-21-22-33-36-39-43-46-50-54-58-62-66-70-76(81)75(74-80)79-77(82)71-67-63-59-55-51-47-44-40-37-34-31-29-27-25-23-24-26-28-30-32-35-38-41-45-49-53-57-61-65-69-73-84-78(83)72-68-64-60-56-52-48-42-18-16-14-12-10-8-6-4-2/h12,14,18,42,75-76,80-81H,3-11,13,15-17,19-41,43-74H2,1-2H3,(H,79,82)/b14-12-,42-18-. The summed E-state index contributed by atoms with van der Waals surface area (Å²) in [4.78, 5) is 24.6. The molecule has 0 aromatic heterocycles. The number of rotatable bonds is 73. The number of nitrogens with one attached hydrogen (secondary N) is 1. The summed E-state index contributed by atoms with van der Waals surface area (Å²) in [6.45, 7) is 4.97. The number of carbonyl (C=O) groups is 2. The predicted octanol–water partition coefficient (Wildman–Crippen LogP) is 25.3. The zero-order chi connectivity index (χ0) is 60.6. The molecule has 0 radical (unpaired) electrons. The minimum Gasteiger partial charge on any atom is -0.466 e. The Bertz CT molecular complexity index is 1320. The average Bonchev–Trinajstić information content (AvgIpc) is 3.51. The number of amides is 1. The van der Waals surface area contributed by atoms with Gasteiger partial charge in [-0.2, -0.15) is 0 Å². The Balaban J connectivity index is 3.34. The minimum absolute atomic E-state index is 0.00699. The second-order valence-electron chi connectivity index (χ2n) is 26.7. The van der Waals surface area contributed by atoms with Crippen LogP contribution in [0.5, 0.6) is 0 Å². The molecule has 2 atom stereocenters. The molecule has 0 saturated heterocycles. The summed E-state index contributed by atoms with van der Waals surface area (Å²) in [6.07, 6.45) is 94.0. The number of aliphatic hydroxyl groups excluding tert-OH is 2. The van der Waals surface area contributed by atoms with E-state index in [9.17, 15) is 19.8 Å². The van der Waals surface area contributed by atoms with Gasteiger partial charge in [-0.25, -0.2) is 0 Å². The molecular weight excluding hydrogens is 1030 g/mol. The second-order valence-corrected chi connectivity index (χ2v) is 26.7. The van der Waals surface area contributed by atoms with Crippen LogP contribution in [0.3, 0.4) is 0 Å². The Kier molecular flexibility index (Phi) is 72.3. The monoisotopic (exact) mass is 1180 g/mol. The molecule has 0 rings (SSSR count). The molecular formula is C78H151NO5. The molecule has 0 heterocycles. The first-order chi connectivity index (χ1) is 41.5. The minimum atomic E-state index is -0.663. The van der Waals surface area contributed by atoms with Crippen molar-refractivity contribution in [2.45, 2.75) is 450 Å². The van der Waals surface area contributed by atoms with Crippen LogP contribution < -0.4 is 5.32 Å². The zero-order valence-electron chi connectivity index (χ0n) is 57.2. The molecule has 1 amide bonds. The zero-order valence-corrected chi connectivity index (χ0v) is 57.2. The average molecular weight is 1180 g/mol. The van der Waals surface area contributed by atoms with Crippen LogP contribution in [0.1, 0.15) is 438 Å². The van der Waals surface area contributed by atoms with Gasteiger partial charge in [0.05, 0.1) is 25.4 Å². The van der Waals surface area contributed by atoms with Crippen LogP contribution in [-0.4, -0.2) is 47.4 Å². The molecule has 2 unspecified atom stereocenters. The van der Waals surface area contributed by atoms with Crippen LogP contribution in [0.2, 0.25) is 0 Å². The lowest BCUT2D eigenvalue weighted by Gasteiger charge is -2.22. The van der Waals surface area contributed by atoms with E-state index in [2.05, 4.69) is 43.5 Å². The molecule has 0 fully saturated rings.